The summed E-state index contributed by atoms with van der Waals surface area (Å²) in [6, 6.07) is 5.57. The second-order valence-electron chi connectivity index (χ2n) is 5.40. The highest BCUT2D eigenvalue weighted by molar-refractivity contribution is 9.10. The number of rotatable bonds is 3. The van der Waals surface area contributed by atoms with Crippen molar-refractivity contribution in [3.63, 3.8) is 0 Å². The summed E-state index contributed by atoms with van der Waals surface area (Å²) in [6.07, 6.45) is 1.06. The number of hydrogen-bond acceptors (Lipinski definition) is 2. The van der Waals surface area contributed by atoms with Gasteiger partial charge in [-0.3, -0.25) is 9.59 Å². The standard InChI is InChI=1S/C15H18BrNO3/c1-3-15(14(19)20)6-7-17(9-15)13(18)11-5-4-10(2)8-12(11)16/h4-5,8H,3,6-7,9H2,1-2H3,(H,19,20). The van der Waals surface area contributed by atoms with Crippen molar-refractivity contribution in [2.45, 2.75) is 26.7 Å². The third-order valence-corrected chi connectivity index (χ3v) is 4.78. The Hall–Kier alpha value is -1.36. The second kappa shape index (κ2) is 5.56. The van der Waals surface area contributed by atoms with E-state index in [9.17, 15) is 14.7 Å². The molecule has 5 heteroatoms. The first kappa shape index (κ1) is 15.0. The number of hydrogen-bond donors (Lipinski definition) is 1. The van der Waals surface area contributed by atoms with Crippen LogP contribution in [0.3, 0.4) is 0 Å². The Balaban J connectivity index is 2.21. The largest absolute Gasteiger partial charge is 0.481 e. The number of benzene rings is 1. The lowest BCUT2D eigenvalue weighted by molar-refractivity contribution is -0.148. The molecule has 0 radical (unpaired) electrons. The molecular formula is C15H18BrNO3. The quantitative estimate of drug-likeness (QED) is 0.920. The minimum absolute atomic E-state index is 0.103. The van der Waals surface area contributed by atoms with Crippen LogP contribution in [0.15, 0.2) is 22.7 Å². The molecule has 1 aromatic carbocycles. The highest BCUT2D eigenvalue weighted by atomic mass is 79.9. The number of carbonyl (C=O) groups is 2. The van der Waals surface area contributed by atoms with E-state index in [2.05, 4.69) is 15.9 Å². The van der Waals surface area contributed by atoms with Crippen molar-refractivity contribution < 1.29 is 14.7 Å². The Bertz CT molecular complexity index is 558. The van der Waals surface area contributed by atoms with Crippen LogP contribution in [0.4, 0.5) is 0 Å². The molecule has 20 heavy (non-hydrogen) atoms. The molecule has 0 saturated carbocycles. The number of carboxylic acid groups (broad SMARTS) is 1. The van der Waals surface area contributed by atoms with Crippen molar-refractivity contribution in [2.24, 2.45) is 5.41 Å². The van der Waals surface area contributed by atoms with Crippen LogP contribution in [0.2, 0.25) is 0 Å². The first-order chi connectivity index (χ1) is 9.39. The number of carboxylic acids is 1. The van der Waals surface area contributed by atoms with E-state index in [1.54, 1.807) is 11.0 Å². The van der Waals surface area contributed by atoms with Gasteiger partial charge in [0.05, 0.1) is 11.0 Å². The number of aryl methyl sites for hydroxylation is 1. The molecule has 0 aromatic heterocycles. The van der Waals surface area contributed by atoms with E-state index in [1.165, 1.54) is 0 Å². The van der Waals surface area contributed by atoms with E-state index >= 15 is 0 Å². The van der Waals surface area contributed by atoms with Crippen molar-refractivity contribution in [3.8, 4) is 0 Å². The van der Waals surface area contributed by atoms with Gasteiger partial charge in [-0.05, 0) is 53.4 Å². The van der Waals surface area contributed by atoms with Gasteiger partial charge < -0.3 is 10.0 Å². The van der Waals surface area contributed by atoms with Crippen molar-refractivity contribution >= 4 is 27.8 Å². The molecule has 1 heterocycles. The van der Waals surface area contributed by atoms with Gasteiger partial charge in [0.1, 0.15) is 0 Å². The van der Waals surface area contributed by atoms with Gasteiger partial charge in [0.15, 0.2) is 0 Å². The average molecular weight is 340 g/mol. The van der Waals surface area contributed by atoms with Crippen molar-refractivity contribution in [2.75, 3.05) is 13.1 Å². The SMILES string of the molecule is CCC1(C(=O)O)CCN(C(=O)c2ccc(C)cc2Br)C1. The van der Waals surface area contributed by atoms with E-state index in [1.807, 2.05) is 26.0 Å². The molecule has 0 bridgehead atoms. The Morgan fingerprint density at radius 1 is 1.45 bits per heavy atom. The maximum absolute atomic E-state index is 12.5. The average Bonchev–Trinajstić information content (AvgIpc) is 2.83. The lowest BCUT2D eigenvalue weighted by Gasteiger charge is -2.23. The summed E-state index contributed by atoms with van der Waals surface area (Å²) in [6.45, 7) is 4.61. The van der Waals surface area contributed by atoms with Crippen LogP contribution in [0.25, 0.3) is 0 Å². The molecule has 1 aromatic rings. The van der Waals surface area contributed by atoms with Crippen molar-refractivity contribution in [1.29, 1.82) is 0 Å². The Labute approximate surface area is 126 Å². The van der Waals surface area contributed by atoms with Gasteiger partial charge in [0, 0.05) is 17.6 Å². The molecule has 108 valence electrons. The summed E-state index contributed by atoms with van der Waals surface area (Å²) < 4.78 is 0.756. The lowest BCUT2D eigenvalue weighted by atomic mass is 9.84. The predicted octanol–water partition coefficient (Wildman–Crippen LogP) is 3.08. The fourth-order valence-electron chi connectivity index (χ4n) is 2.62. The Morgan fingerprint density at radius 3 is 2.65 bits per heavy atom. The van der Waals surface area contributed by atoms with Gasteiger partial charge in [-0.15, -0.1) is 0 Å². The van der Waals surface area contributed by atoms with Crippen LogP contribution in [-0.4, -0.2) is 35.0 Å². The number of likely N-dealkylation sites (tertiary alicyclic amines) is 1. The molecule has 1 fully saturated rings. The number of aliphatic carboxylic acids is 1. The molecule has 1 aliphatic rings. The fourth-order valence-corrected chi connectivity index (χ4v) is 3.29. The van der Waals surface area contributed by atoms with Gasteiger partial charge >= 0.3 is 5.97 Å². The molecule has 4 nitrogen and oxygen atoms in total. The van der Waals surface area contributed by atoms with E-state index < -0.39 is 11.4 Å². The van der Waals surface area contributed by atoms with Crippen LogP contribution >= 0.6 is 15.9 Å². The first-order valence-corrected chi connectivity index (χ1v) is 7.48. The fraction of sp³-hybridized carbons (Fsp3) is 0.467. The van der Waals surface area contributed by atoms with Crippen LogP contribution < -0.4 is 0 Å². The molecule has 1 aliphatic heterocycles. The molecule has 1 saturated heterocycles. The minimum Gasteiger partial charge on any atom is -0.481 e. The summed E-state index contributed by atoms with van der Waals surface area (Å²) in [5, 5.41) is 9.38. The third kappa shape index (κ3) is 2.59. The van der Waals surface area contributed by atoms with E-state index in [0.717, 1.165) is 10.0 Å². The van der Waals surface area contributed by atoms with Crippen LogP contribution in [0.1, 0.15) is 35.7 Å². The summed E-state index contributed by atoms with van der Waals surface area (Å²) in [4.78, 5) is 25.6. The molecule has 2 rings (SSSR count). The number of halogens is 1. The zero-order valence-electron chi connectivity index (χ0n) is 11.6. The lowest BCUT2D eigenvalue weighted by Crippen LogP contribution is -2.36. The number of amides is 1. The predicted molar refractivity (Wildman–Crippen MR) is 79.8 cm³/mol. The summed E-state index contributed by atoms with van der Waals surface area (Å²) >= 11 is 3.41. The van der Waals surface area contributed by atoms with Crippen molar-refractivity contribution in [3.05, 3.63) is 33.8 Å². The monoisotopic (exact) mass is 339 g/mol. The van der Waals surface area contributed by atoms with Crippen LogP contribution in [-0.2, 0) is 4.79 Å². The van der Waals surface area contributed by atoms with Crippen molar-refractivity contribution in [1.82, 2.24) is 4.90 Å². The van der Waals surface area contributed by atoms with Crippen LogP contribution in [0, 0.1) is 12.3 Å². The van der Waals surface area contributed by atoms with Gasteiger partial charge in [-0.25, -0.2) is 0 Å². The second-order valence-corrected chi connectivity index (χ2v) is 6.25. The normalized spacial score (nSPS) is 22.1. The molecule has 1 amide bonds. The van der Waals surface area contributed by atoms with Gasteiger partial charge in [-0.1, -0.05) is 13.0 Å². The number of nitrogens with zero attached hydrogens (tertiary/aromatic N) is 1. The Morgan fingerprint density at radius 2 is 2.15 bits per heavy atom. The molecular weight excluding hydrogens is 322 g/mol. The third-order valence-electron chi connectivity index (χ3n) is 4.13. The Kier molecular flexibility index (Phi) is 4.18. The topological polar surface area (TPSA) is 57.6 Å². The van der Waals surface area contributed by atoms with E-state index in [4.69, 9.17) is 0 Å². The highest BCUT2D eigenvalue weighted by Crippen LogP contribution is 2.35. The van der Waals surface area contributed by atoms with Gasteiger partial charge in [-0.2, -0.15) is 0 Å². The maximum atomic E-state index is 12.5. The molecule has 0 spiro atoms. The minimum atomic E-state index is -0.807. The highest BCUT2D eigenvalue weighted by Gasteiger charge is 2.44. The van der Waals surface area contributed by atoms with E-state index in [0.29, 0.717) is 24.9 Å². The zero-order chi connectivity index (χ0) is 14.9. The molecule has 1 atom stereocenters. The smallest absolute Gasteiger partial charge is 0.311 e. The molecule has 0 aliphatic carbocycles. The van der Waals surface area contributed by atoms with Gasteiger partial charge in [0.25, 0.3) is 5.91 Å². The van der Waals surface area contributed by atoms with Gasteiger partial charge in [0.2, 0.25) is 0 Å². The molecule has 1 N–H and O–H groups in total. The summed E-state index contributed by atoms with van der Waals surface area (Å²) in [5.74, 6) is -0.910. The zero-order valence-corrected chi connectivity index (χ0v) is 13.2. The summed E-state index contributed by atoms with van der Waals surface area (Å²) in [7, 11) is 0. The van der Waals surface area contributed by atoms with E-state index in [-0.39, 0.29) is 12.5 Å². The maximum Gasteiger partial charge on any atom is 0.311 e. The number of carbonyl (C=O) groups excluding carboxylic acids is 1. The van der Waals surface area contributed by atoms with Crippen LogP contribution in [0.5, 0.6) is 0 Å². The first-order valence-electron chi connectivity index (χ1n) is 6.68. The summed E-state index contributed by atoms with van der Waals surface area (Å²) in [5.41, 5.74) is 0.878. The molecule has 1 unspecified atom stereocenters.